The van der Waals surface area contributed by atoms with Crippen molar-refractivity contribution < 1.29 is 28.7 Å². The number of amides is 3. The standard InChI is InChI=1S/C47H60N4O6S2/c1-33(2)40(31-48-39(30-34-20-12-8-13-21-34)42(52)49-38(28-29-58-7)44(54)56-6)50-43(53)41(51-45(55)57-46(3,4)5)32-59-47(35-22-14-9-15-23-35,36-24-16-10-17-25-36)37-26-18-11-19-27-37/h8-27,33,38-41,48H,28-32H2,1-7H3,(H,49,52)(H,50,53)(H,51,55)/t38?,39?,40?,41-/m1/s1. The minimum atomic E-state index is -1.01. The highest BCUT2D eigenvalue weighted by Crippen LogP contribution is 2.48. The average Bonchev–Trinajstić information content (AvgIpc) is 3.23. The first-order valence-corrected chi connectivity index (χ1v) is 22.4. The quantitative estimate of drug-likeness (QED) is 0.0502. The molecule has 4 aromatic rings. The van der Waals surface area contributed by atoms with Crippen molar-refractivity contribution in [3.63, 3.8) is 0 Å². The van der Waals surface area contributed by atoms with Gasteiger partial charge in [-0.25, -0.2) is 9.59 Å². The first-order chi connectivity index (χ1) is 28.3. The number of carbonyl (C=O) groups is 4. The van der Waals surface area contributed by atoms with Gasteiger partial charge in [0.25, 0.3) is 0 Å². The lowest BCUT2D eigenvalue weighted by Crippen LogP contribution is -2.57. The van der Waals surface area contributed by atoms with Crippen LogP contribution in [0, 0.1) is 5.92 Å². The fourth-order valence-electron chi connectivity index (χ4n) is 6.62. The van der Waals surface area contributed by atoms with Gasteiger partial charge in [0.2, 0.25) is 11.8 Å². The molecule has 0 fully saturated rings. The Balaban J connectivity index is 1.64. The Labute approximate surface area is 358 Å². The highest BCUT2D eigenvalue weighted by Gasteiger charge is 2.39. The van der Waals surface area contributed by atoms with Crippen LogP contribution >= 0.6 is 23.5 Å². The number of thioether (sulfide) groups is 2. The van der Waals surface area contributed by atoms with Crippen molar-refractivity contribution in [3.8, 4) is 0 Å². The molecule has 0 aliphatic carbocycles. The molecule has 59 heavy (non-hydrogen) atoms. The minimum Gasteiger partial charge on any atom is -0.467 e. The molecule has 10 nitrogen and oxygen atoms in total. The van der Waals surface area contributed by atoms with Gasteiger partial charge in [0, 0.05) is 18.3 Å². The van der Waals surface area contributed by atoms with Gasteiger partial charge >= 0.3 is 12.1 Å². The lowest BCUT2D eigenvalue weighted by molar-refractivity contribution is -0.145. The van der Waals surface area contributed by atoms with E-state index in [0.29, 0.717) is 18.6 Å². The summed E-state index contributed by atoms with van der Waals surface area (Å²) in [5, 5.41) is 12.4. The number of alkyl carbamates (subject to hydrolysis) is 1. The van der Waals surface area contributed by atoms with Crippen molar-refractivity contribution in [1.82, 2.24) is 21.3 Å². The Morgan fingerprint density at radius 1 is 0.661 bits per heavy atom. The molecule has 0 saturated heterocycles. The van der Waals surface area contributed by atoms with Crippen LogP contribution in [0.4, 0.5) is 4.79 Å². The van der Waals surface area contributed by atoms with Gasteiger partial charge in [0.1, 0.15) is 17.7 Å². The third-order valence-corrected chi connectivity index (χ3v) is 12.0. The van der Waals surface area contributed by atoms with Crippen molar-refractivity contribution in [1.29, 1.82) is 0 Å². The van der Waals surface area contributed by atoms with Crippen LogP contribution in [0.3, 0.4) is 0 Å². The predicted octanol–water partition coefficient (Wildman–Crippen LogP) is 7.36. The molecule has 316 valence electrons. The average molecular weight is 841 g/mol. The fraction of sp³-hybridized carbons (Fsp3) is 0.404. The van der Waals surface area contributed by atoms with Crippen LogP contribution in [-0.4, -0.2) is 85.1 Å². The molecule has 0 radical (unpaired) electrons. The topological polar surface area (TPSA) is 135 Å². The summed E-state index contributed by atoms with van der Waals surface area (Å²) in [5.74, 6) is -0.457. The second-order valence-electron chi connectivity index (χ2n) is 15.7. The second kappa shape index (κ2) is 23.1. The summed E-state index contributed by atoms with van der Waals surface area (Å²) < 4.78 is 9.93. The lowest BCUT2D eigenvalue weighted by Gasteiger charge is -2.37. The molecule has 4 rings (SSSR count). The molecule has 0 aliphatic heterocycles. The van der Waals surface area contributed by atoms with Gasteiger partial charge in [-0.05, 0) is 73.8 Å². The maximum Gasteiger partial charge on any atom is 0.408 e. The van der Waals surface area contributed by atoms with E-state index >= 15 is 0 Å². The molecule has 0 aliphatic rings. The summed E-state index contributed by atoms with van der Waals surface area (Å²) >= 11 is 3.14. The molecule has 4 aromatic carbocycles. The van der Waals surface area contributed by atoms with Gasteiger partial charge in [0.05, 0.1) is 17.9 Å². The highest BCUT2D eigenvalue weighted by atomic mass is 32.2. The zero-order chi connectivity index (χ0) is 42.8. The molecule has 4 atom stereocenters. The van der Waals surface area contributed by atoms with Crippen LogP contribution < -0.4 is 21.3 Å². The Morgan fingerprint density at radius 2 is 1.15 bits per heavy atom. The zero-order valence-electron chi connectivity index (χ0n) is 35.2. The van der Waals surface area contributed by atoms with E-state index in [1.807, 2.05) is 105 Å². The number of nitrogens with one attached hydrogen (secondary N) is 4. The first kappa shape index (κ1) is 46.9. The number of hydrogen-bond acceptors (Lipinski definition) is 9. The van der Waals surface area contributed by atoms with Crippen molar-refractivity contribution in [2.75, 3.05) is 31.4 Å². The molecule has 12 heteroatoms. The van der Waals surface area contributed by atoms with Crippen LogP contribution in [-0.2, 0) is 35.0 Å². The maximum atomic E-state index is 14.6. The Bertz CT molecular complexity index is 1800. The van der Waals surface area contributed by atoms with Crippen molar-refractivity contribution >= 4 is 47.4 Å². The third kappa shape index (κ3) is 14.2. The summed E-state index contributed by atoms with van der Waals surface area (Å²) in [6, 6.07) is 37.1. The fourth-order valence-corrected chi connectivity index (χ4v) is 8.65. The number of ether oxygens (including phenoxy) is 2. The number of carbonyl (C=O) groups excluding carboxylic acids is 4. The maximum absolute atomic E-state index is 14.6. The van der Waals surface area contributed by atoms with E-state index in [-0.39, 0.29) is 30.0 Å². The van der Waals surface area contributed by atoms with Crippen molar-refractivity contribution in [3.05, 3.63) is 144 Å². The number of esters is 1. The highest BCUT2D eigenvalue weighted by molar-refractivity contribution is 8.00. The molecule has 4 N–H and O–H groups in total. The molecular formula is C47H60N4O6S2. The van der Waals surface area contributed by atoms with E-state index in [0.717, 1.165) is 22.3 Å². The van der Waals surface area contributed by atoms with E-state index in [9.17, 15) is 19.2 Å². The van der Waals surface area contributed by atoms with Crippen molar-refractivity contribution in [2.24, 2.45) is 5.92 Å². The summed E-state index contributed by atoms with van der Waals surface area (Å²) in [5.41, 5.74) is 3.21. The van der Waals surface area contributed by atoms with Crippen LogP contribution in [0.1, 0.15) is 63.3 Å². The summed E-state index contributed by atoms with van der Waals surface area (Å²) in [6.45, 7) is 9.55. The first-order valence-electron chi connectivity index (χ1n) is 20.0. The van der Waals surface area contributed by atoms with E-state index in [4.69, 9.17) is 9.47 Å². The number of rotatable bonds is 21. The third-order valence-electron chi connectivity index (χ3n) is 9.74. The van der Waals surface area contributed by atoms with Gasteiger partial charge in [-0.3, -0.25) is 9.59 Å². The zero-order valence-corrected chi connectivity index (χ0v) is 36.9. The monoisotopic (exact) mass is 840 g/mol. The van der Waals surface area contributed by atoms with Crippen LogP contribution in [0.15, 0.2) is 121 Å². The number of methoxy groups -OCH3 is 1. The summed E-state index contributed by atoms with van der Waals surface area (Å²) in [7, 11) is 1.31. The van der Waals surface area contributed by atoms with Gasteiger partial charge in [-0.1, -0.05) is 135 Å². The summed E-state index contributed by atoms with van der Waals surface area (Å²) in [6.07, 6.45) is 2.01. The van der Waals surface area contributed by atoms with Crippen LogP contribution in [0.5, 0.6) is 0 Å². The molecule has 3 amide bonds. The molecule has 0 saturated carbocycles. The largest absolute Gasteiger partial charge is 0.467 e. The van der Waals surface area contributed by atoms with E-state index in [1.54, 1.807) is 44.3 Å². The van der Waals surface area contributed by atoms with Crippen molar-refractivity contribution in [2.45, 2.75) is 82.0 Å². The Kier molecular flexibility index (Phi) is 18.4. The summed E-state index contributed by atoms with van der Waals surface area (Å²) in [4.78, 5) is 54.5. The predicted molar refractivity (Wildman–Crippen MR) is 240 cm³/mol. The van der Waals surface area contributed by atoms with Crippen LogP contribution in [0.2, 0.25) is 0 Å². The van der Waals surface area contributed by atoms with Gasteiger partial charge < -0.3 is 30.7 Å². The van der Waals surface area contributed by atoms with Gasteiger partial charge in [-0.2, -0.15) is 11.8 Å². The Hall–Kier alpha value is -4.78. The number of hydrogen-bond donors (Lipinski definition) is 4. The normalized spacial score (nSPS) is 13.7. The molecular weight excluding hydrogens is 781 g/mol. The number of benzene rings is 4. The SMILES string of the molecule is COC(=O)C(CCSC)NC(=O)C(Cc1ccccc1)NCC(NC(=O)[C@@H](CSC(c1ccccc1)(c1ccccc1)c1ccccc1)NC(=O)OC(C)(C)C)C(C)C. The molecule has 3 unspecified atom stereocenters. The van der Waals surface area contributed by atoms with E-state index < -0.39 is 46.6 Å². The lowest BCUT2D eigenvalue weighted by atomic mass is 9.84. The Morgan fingerprint density at radius 3 is 1.61 bits per heavy atom. The molecule has 0 spiro atoms. The second-order valence-corrected chi connectivity index (χ2v) is 17.9. The van der Waals surface area contributed by atoms with E-state index in [2.05, 4.69) is 57.7 Å². The van der Waals surface area contributed by atoms with Crippen LogP contribution in [0.25, 0.3) is 0 Å². The molecule has 0 heterocycles. The van der Waals surface area contributed by atoms with Gasteiger partial charge in [-0.15, -0.1) is 11.8 Å². The molecule has 0 aromatic heterocycles. The van der Waals surface area contributed by atoms with E-state index in [1.165, 1.54) is 7.11 Å². The molecule has 0 bridgehead atoms. The van der Waals surface area contributed by atoms with Gasteiger partial charge in [0.15, 0.2) is 0 Å². The minimum absolute atomic E-state index is 0.0665. The smallest absolute Gasteiger partial charge is 0.408 e.